The van der Waals surface area contributed by atoms with Crippen molar-refractivity contribution in [1.29, 1.82) is 0 Å². The van der Waals surface area contributed by atoms with Gasteiger partial charge in [0.25, 0.3) is 0 Å². The molecule has 1 N–H and O–H groups in total. The number of fused-ring (bicyclic) bond motifs is 1. The summed E-state index contributed by atoms with van der Waals surface area (Å²) in [5.41, 5.74) is 3.40. The highest BCUT2D eigenvalue weighted by molar-refractivity contribution is 7.89. The van der Waals surface area contributed by atoms with E-state index in [0.717, 1.165) is 24.0 Å². The number of amides is 1. The third-order valence-corrected chi connectivity index (χ3v) is 8.01. The number of imidazole rings is 1. The van der Waals surface area contributed by atoms with Crippen LogP contribution in [0.2, 0.25) is 0 Å². The van der Waals surface area contributed by atoms with Crippen molar-refractivity contribution in [3.05, 3.63) is 58.0 Å². The van der Waals surface area contributed by atoms with Gasteiger partial charge in [0, 0.05) is 24.8 Å². The highest BCUT2D eigenvalue weighted by Gasteiger charge is 2.28. The van der Waals surface area contributed by atoms with Crippen molar-refractivity contribution < 1.29 is 13.2 Å². The lowest BCUT2D eigenvalue weighted by molar-refractivity contribution is -0.116. The summed E-state index contributed by atoms with van der Waals surface area (Å²) in [4.78, 5) is 26.3. The number of carbonyl (C=O) groups excluding carboxylic acids is 1. The minimum Gasteiger partial charge on any atom is -0.324 e. The molecule has 9 heteroatoms. The van der Waals surface area contributed by atoms with E-state index < -0.39 is 10.0 Å². The van der Waals surface area contributed by atoms with E-state index in [9.17, 15) is 18.0 Å². The maximum Gasteiger partial charge on any atom is 0.329 e. The first-order chi connectivity index (χ1) is 15.6. The summed E-state index contributed by atoms with van der Waals surface area (Å²) in [5, 5.41) is 2.87. The van der Waals surface area contributed by atoms with Crippen LogP contribution < -0.4 is 11.0 Å². The molecule has 0 radical (unpaired) electrons. The second-order valence-corrected chi connectivity index (χ2v) is 10.9. The molecule has 4 rings (SSSR count). The molecule has 176 valence electrons. The van der Waals surface area contributed by atoms with Crippen LogP contribution >= 0.6 is 0 Å². The van der Waals surface area contributed by atoms with E-state index in [0.29, 0.717) is 29.8 Å². The van der Waals surface area contributed by atoms with Gasteiger partial charge in [-0.2, -0.15) is 4.31 Å². The van der Waals surface area contributed by atoms with E-state index in [1.165, 1.54) is 14.9 Å². The van der Waals surface area contributed by atoms with Crippen LogP contribution in [0.25, 0.3) is 11.0 Å². The van der Waals surface area contributed by atoms with Crippen molar-refractivity contribution in [2.24, 2.45) is 0 Å². The molecule has 8 nitrogen and oxygen atoms in total. The smallest absolute Gasteiger partial charge is 0.324 e. The summed E-state index contributed by atoms with van der Waals surface area (Å²) < 4.78 is 30.6. The van der Waals surface area contributed by atoms with E-state index in [1.54, 1.807) is 16.7 Å². The molecule has 0 saturated carbocycles. The van der Waals surface area contributed by atoms with Crippen LogP contribution in [0.15, 0.2) is 46.1 Å². The van der Waals surface area contributed by atoms with E-state index in [-0.39, 0.29) is 29.1 Å². The fourth-order valence-corrected chi connectivity index (χ4v) is 5.97. The fourth-order valence-electron chi connectivity index (χ4n) is 4.44. The Morgan fingerprint density at radius 2 is 1.73 bits per heavy atom. The van der Waals surface area contributed by atoms with Gasteiger partial charge in [-0.3, -0.25) is 13.9 Å². The number of hydrogen-bond donors (Lipinski definition) is 1. The van der Waals surface area contributed by atoms with Crippen LogP contribution in [-0.2, 0) is 21.4 Å². The van der Waals surface area contributed by atoms with E-state index in [4.69, 9.17) is 0 Å². The van der Waals surface area contributed by atoms with Gasteiger partial charge in [-0.25, -0.2) is 13.2 Å². The number of nitrogens with one attached hydrogen (secondary N) is 1. The lowest BCUT2D eigenvalue weighted by atomic mass is 10.1. The minimum atomic E-state index is -3.65. The van der Waals surface area contributed by atoms with E-state index in [1.807, 2.05) is 45.9 Å². The van der Waals surface area contributed by atoms with Crippen LogP contribution in [-0.4, -0.2) is 40.9 Å². The van der Waals surface area contributed by atoms with Crippen LogP contribution in [0.5, 0.6) is 0 Å². The van der Waals surface area contributed by atoms with Gasteiger partial charge in [0.15, 0.2) is 0 Å². The van der Waals surface area contributed by atoms with Crippen molar-refractivity contribution >= 4 is 32.7 Å². The molecule has 0 bridgehead atoms. The molecule has 2 aromatic carbocycles. The summed E-state index contributed by atoms with van der Waals surface area (Å²) in [6.45, 7) is 8.44. The quantitative estimate of drug-likeness (QED) is 0.597. The van der Waals surface area contributed by atoms with E-state index >= 15 is 0 Å². The average Bonchev–Trinajstić information content (AvgIpc) is 3.38. The second kappa shape index (κ2) is 8.79. The standard InChI is InChI=1S/C24H30N4O4S/c1-16(2)28-21-10-8-19(33(31,32)26-11-5-6-12-26)14-22(21)27(24(28)30)15-23(29)25-20-9-7-17(3)13-18(20)4/h7-10,13-14,16H,5-6,11-12,15H2,1-4H3,(H,25,29). The Morgan fingerprint density at radius 1 is 1.03 bits per heavy atom. The summed E-state index contributed by atoms with van der Waals surface area (Å²) in [6, 6.07) is 10.3. The maximum absolute atomic E-state index is 13.2. The molecule has 1 saturated heterocycles. The molecule has 33 heavy (non-hydrogen) atoms. The van der Waals surface area contributed by atoms with Gasteiger partial charge in [0.05, 0.1) is 15.9 Å². The Morgan fingerprint density at radius 3 is 2.36 bits per heavy atom. The molecule has 1 aliphatic heterocycles. The Labute approximate surface area is 193 Å². The van der Waals surface area contributed by atoms with Crippen molar-refractivity contribution in [1.82, 2.24) is 13.4 Å². The number of benzene rings is 2. The van der Waals surface area contributed by atoms with Gasteiger partial charge in [0.1, 0.15) is 6.54 Å². The Hall–Kier alpha value is -2.91. The first kappa shape index (κ1) is 23.3. The maximum atomic E-state index is 13.2. The number of aromatic nitrogens is 2. The molecule has 0 spiro atoms. The normalized spacial score (nSPS) is 14.9. The lowest BCUT2D eigenvalue weighted by Crippen LogP contribution is -2.30. The van der Waals surface area contributed by atoms with Crippen molar-refractivity contribution in [2.75, 3.05) is 18.4 Å². The number of anilines is 1. The average molecular weight is 471 g/mol. The van der Waals surface area contributed by atoms with Gasteiger partial charge < -0.3 is 5.32 Å². The molecule has 0 unspecified atom stereocenters. The summed E-state index contributed by atoms with van der Waals surface area (Å²) in [6.07, 6.45) is 1.68. The third-order valence-electron chi connectivity index (χ3n) is 6.11. The van der Waals surface area contributed by atoms with Gasteiger partial charge in [0.2, 0.25) is 15.9 Å². The molecule has 2 heterocycles. The fraction of sp³-hybridized carbons (Fsp3) is 0.417. The first-order valence-electron chi connectivity index (χ1n) is 11.2. The summed E-state index contributed by atoms with van der Waals surface area (Å²) in [7, 11) is -3.65. The molecule has 1 fully saturated rings. The van der Waals surface area contributed by atoms with Crippen molar-refractivity contribution in [2.45, 2.75) is 58.0 Å². The first-order valence-corrected chi connectivity index (χ1v) is 12.7. The highest BCUT2D eigenvalue weighted by atomic mass is 32.2. The third kappa shape index (κ3) is 4.35. The Kier molecular flexibility index (Phi) is 6.20. The molecular weight excluding hydrogens is 440 g/mol. The van der Waals surface area contributed by atoms with Crippen molar-refractivity contribution in [3.63, 3.8) is 0 Å². The molecule has 1 aromatic heterocycles. The molecular formula is C24H30N4O4S. The molecule has 0 aliphatic carbocycles. The monoisotopic (exact) mass is 470 g/mol. The molecule has 1 amide bonds. The van der Waals surface area contributed by atoms with Crippen LogP contribution in [0.1, 0.15) is 43.9 Å². The zero-order valence-corrected chi connectivity index (χ0v) is 20.3. The zero-order chi connectivity index (χ0) is 23.9. The Bertz CT molecular complexity index is 1380. The number of hydrogen-bond acceptors (Lipinski definition) is 4. The van der Waals surface area contributed by atoms with Gasteiger partial charge >= 0.3 is 5.69 Å². The minimum absolute atomic E-state index is 0.140. The van der Waals surface area contributed by atoms with Gasteiger partial charge in [-0.1, -0.05) is 17.7 Å². The number of aryl methyl sites for hydroxylation is 2. The molecule has 0 atom stereocenters. The number of sulfonamides is 1. The SMILES string of the molecule is Cc1ccc(NC(=O)Cn2c(=O)n(C(C)C)c3ccc(S(=O)(=O)N4CCCC4)cc32)c(C)c1. The number of carbonyl (C=O) groups is 1. The molecule has 3 aromatic rings. The van der Waals surface area contributed by atoms with Crippen LogP contribution in [0, 0.1) is 13.8 Å². The van der Waals surface area contributed by atoms with Gasteiger partial charge in [-0.15, -0.1) is 0 Å². The number of rotatable bonds is 6. The van der Waals surface area contributed by atoms with Crippen molar-refractivity contribution in [3.8, 4) is 0 Å². The molecule has 1 aliphatic rings. The predicted molar refractivity (Wildman–Crippen MR) is 129 cm³/mol. The predicted octanol–water partition coefficient (Wildman–Crippen LogP) is 3.42. The van der Waals surface area contributed by atoms with Gasteiger partial charge in [-0.05, 0) is 70.4 Å². The summed E-state index contributed by atoms with van der Waals surface area (Å²) in [5.74, 6) is -0.348. The van der Waals surface area contributed by atoms with Crippen LogP contribution in [0.4, 0.5) is 5.69 Å². The second-order valence-electron chi connectivity index (χ2n) is 8.96. The highest BCUT2D eigenvalue weighted by Crippen LogP contribution is 2.26. The largest absolute Gasteiger partial charge is 0.329 e. The zero-order valence-electron chi connectivity index (χ0n) is 19.5. The lowest BCUT2D eigenvalue weighted by Gasteiger charge is -2.16. The van der Waals surface area contributed by atoms with Crippen LogP contribution in [0.3, 0.4) is 0 Å². The van der Waals surface area contributed by atoms with E-state index in [2.05, 4.69) is 5.32 Å². The number of nitrogens with zero attached hydrogens (tertiary/aromatic N) is 3. The topological polar surface area (TPSA) is 93.4 Å². The summed E-state index contributed by atoms with van der Waals surface area (Å²) >= 11 is 0. The Balaban J connectivity index is 1.75.